The molecule has 94 valence electrons. The molecule has 0 aliphatic heterocycles. The number of amides is 1. The summed E-state index contributed by atoms with van der Waals surface area (Å²) in [5.41, 5.74) is 6.11. The minimum absolute atomic E-state index is 0.0753. The summed E-state index contributed by atoms with van der Waals surface area (Å²) in [6.45, 7) is 2.54. The summed E-state index contributed by atoms with van der Waals surface area (Å²) in [5.74, 6) is 0.298. The first-order valence-electron chi connectivity index (χ1n) is 5.09. The largest absolute Gasteiger partial charge is 0.329 e. The van der Waals surface area contributed by atoms with Gasteiger partial charge in [-0.3, -0.25) is 4.79 Å². The molecule has 6 heteroatoms. The quantitative estimate of drug-likeness (QED) is 0.877. The topological polar surface area (TPSA) is 55.1 Å². The summed E-state index contributed by atoms with van der Waals surface area (Å²) in [7, 11) is 0. The highest BCUT2D eigenvalue weighted by molar-refractivity contribution is 8.00. The summed E-state index contributed by atoms with van der Waals surface area (Å²) in [6.07, 6.45) is 0. The SMILES string of the molecule is CC(CN)SCC(=O)Nc1ccc(Cl)c(Cl)c1. The Morgan fingerprint density at radius 1 is 1.47 bits per heavy atom. The Morgan fingerprint density at radius 2 is 2.18 bits per heavy atom. The van der Waals surface area contributed by atoms with E-state index in [0.717, 1.165) is 0 Å². The van der Waals surface area contributed by atoms with Crippen molar-refractivity contribution in [3.63, 3.8) is 0 Å². The predicted molar refractivity (Wildman–Crippen MR) is 76.1 cm³/mol. The normalized spacial score (nSPS) is 12.2. The predicted octanol–water partition coefficient (Wildman–Crippen LogP) is 3.01. The maximum absolute atomic E-state index is 11.6. The lowest BCUT2D eigenvalue weighted by Gasteiger charge is -2.09. The molecule has 1 aromatic rings. The molecule has 0 saturated carbocycles. The van der Waals surface area contributed by atoms with Gasteiger partial charge in [-0.2, -0.15) is 0 Å². The number of hydrogen-bond acceptors (Lipinski definition) is 3. The van der Waals surface area contributed by atoms with Gasteiger partial charge in [0.1, 0.15) is 0 Å². The van der Waals surface area contributed by atoms with Crippen molar-refractivity contribution < 1.29 is 4.79 Å². The molecule has 0 saturated heterocycles. The third-order valence-corrected chi connectivity index (χ3v) is 3.96. The second-order valence-corrected chi connectivity index (χ2v) is 5.78. The Labute approximate surface area is 115 Å². The van der Waals surface area contributed by atoms with Crippen LogP contribution in [0.25, 0.3) is 0 Å². The standard InChI is InChI=1S/C11H14Cl2N2OS/c1-7(5-14)17-6-11(16)15-8-2-3-9(12)10(13)4-8/h2-4,7H,5-6,14H2,1H3,(H,15,16). The van der Waals surface area contributed by atoms with Crippen LogP contribution in [0.1, 0.15) is 6.92 Å². The molecule has 0 fully saturated rings. The molecule has 1 amide bonds. The van der Waals surface area contributed by atoms with Crippen LogP contribution in [0.5, 0.6) is 0 Å². The van der Waals surface area contributed by atoms with Crippen LogP contribution in [0.4, 0.5) is 5.69 Å². The van der Waals surface area contributed by atoms with Crippen LogP contribution in [0, 0.1) is 0 Å². The Bertz CT molecular complexity index is 401. The van der Waals surface area contributed by atoms with E-state index in [1.807, 2.05) is 6.92 Å². The second kappa shape index (κ2) is 7.11. The fraction of sp³-hybridized carbons (Fsp3) is 0.364. The monoisotopic (exact) mass is 292 g/mol. The number of benzene rings is 1. The molecule has 17 heavy (non-hydrogen) atoms. The summed E-state index contributed by atoms with van der Waals surface area (Å²) >= 11 is 13.1. The van der Waals surface area contributed by atoms with Gasteiger partial charge in [0.15, 0.2) is 0 Å². The Kier molecular flexibility index (Phi) is 6.12. The van der Waals surface area contributed by atoms with Gasteiger partial charge in [-0.15, -0.1) is 11.8 Å². The lowest BCUT2D eigenvalue weighted by molar-refractivity contribution is -0.113. The molecule has 3 nitrogen and oxygen atoms in total. The highest BCUT2D eigenvalue weighted by Crippen LogP contribution is 2.25. The number of carbonyl (C=O) groups excluding carboxylic acids is 1. The average Bonchev–Trinajstić information content (AvgIpc) is 2.31. The van der Waals surface area contributed by atoms with Crippen LogP contribution in [0.15, 0.2) is 18.2 Å². The number of nitrogens with one attached hydrogen (secondary N) is 1. The van der Waals surface area contributed by atoms with E-state index >= 15 is 0 Å². The first-order valence-corrected chi connectivity index (χ1v) is 6.90. The van der Waals surface area contributed by atoms with Crippen molar-refractivity contribution in [2.24, 2.45) is 5.73 Å². The maximum Gasteiger partial charge on any atom is 0.234 e. The van der Waals surface area contributed by atoms with Crippen molar-refractivity contribution in [2.75, 3.05) is 17.6 Å². The van der Waals surface area contributed by atoms with Gasteiger partial charge in [0, 0.05) is 17.5 Å². The molecule has 0 aliphatic carbocycles. The van der Waals surface area contributed by atoms with Crippen LogP contribution in [0.2, 0.25) is 10.0 Å². The lowest BCUT2D eigenvalue weighted by Crippen LogP contribution is -2.19. The average molecular weight is 293 g/mol. The van der Waals surface area contributed by atoms with E-state index in [-0.39, 0.29) is 11.2 Å². The molecule has 1 atom stereocenters. The number of anilines is 1. The maximum atomic E-state index is 11.6. The number of rotatable bonds is 5. The summed E-state index contributed by atoms with van der Waals surface area (Å²) < 4.78 is 0. The van der Waals surface area contributed by atoms with Crippen molar-refractivity contribution >= 4 is 46.6 Å². The van der Waals surface area contributed by atoms with Gasteiger partial charge < -0.3 is 11.1 Å². The molecular weight excluding hydrogens is 279 g/mol. The minimum atomic E-state index is -0.0753. The van der Waals surface area contributed by atoms with Gasteiger partial charge in [0.25, 0.3) is 0 Å². The van der Waals surface area contributed by atoms with Crippen molar-refractivity contribution in [2.45, 2.75) is 12.2 Å². The van der Waals surface area contributed by atoms with Crippen LogP contribution >= 0.6 is 35.0 Å². The fourth-order valence-corrected chi connectivity index (χ4v) is 2.00. The van der Waals surface area contributed by atoms with E-state index < -0.39 is 0 Å². The van der Waals surface area contributed by atoms with Gasteiger partial charge in [-0.1, -0.05) is 30.1 Å². The van der Waals surface area contributed by atoms with Gasteiger partial charge in [0.05, 0.1) is 15.8 Å². The number of thioether (sulfide) groups is 1. The molecule has 0 aliphatic rings. The summed E-state index contributed by atoms with van der Waals surface area (Å²) in [6, 6.07) is 4.98. The van der Waals surface area contributed by atoms with Gasteiger partial charge >= 0.3 is 0 Å². The Balaban J connectivity index is 2.48. The molecule has 0 aromatic heterocycles. The molecular formula is C11H14Cl2N2OS. The van der Waals surface area contributed by atoms with Gasteiger partial charge in [0.2, 0.25) is 5.91 Å². The molecule has 1 rings (SSSR count). The van der Waals surface area contributed by atoms with Crippen molar-refractivity contribution in [1.82, 2.24) is 0 Å². The molecule has 1 aromatic carbocycles. The van der Waals surface area contributed by atoms with Crippen molar-refractivity contribution in [1.29, 1.82) is 0 Å². The zero-order valence-corrected chi connectivity index (χ0v) is 11.7. The third kappa shape index (κ3) is 5.17. The van der Waals surface area contributed by atoms with E-state index in [0.29, 0.717) is 28.0 Å². The van der Waals surface area contributed by atoms with E-state index in [9.17, 15) is 4.79 Å². The highest BCUT2D eigenvalue weighted by atomic mass is 35.5. The van der Waals surface area contributed by atoms with Crippen LogP contribution in [0.3, 0.4) is 0 Å². The third-order valence-electron chi connectivity index (χ3n) is 2.03. The van der Waals surface area contributed by atoms with Crippen molar-refractivity contribution in [3.05, 3.63) is 28.2 Å². The van der Waals surface area contributed by atoms with Crippen LogP contribution in [-0.4, -0.2) is 23.5 Å². The number of nitrogens with two attached hydrogens (primary N) is 1. The smallest absolute Gasteiger partial charge is 0.234 e. The van der Waals surface area contributed by atoms with E-state index in [2.05, 4.69) is 5.32 Å². The number of halogens is 2. The molecule has 0 radical (unpaired) electrons. The zero-order chi connectivity index (χ0) is 12.8. The van der Waals surface area contributed by atoms with Gasteiger partial charge in [-0.05, 0) is 18.2 Å². The number of hydrogen-bond donors (Lipinski definition) is 2. The minimum Gasteiger partial charge on any atom is -0.329 e. The van der Waals surface area contributed by atoms with Crippen molar-refractivity contribution in [3.8, 4) is 0 Å². The lowest BCUT2D eigenvalue weighted by atomic mass is 10.3. The van der Waals surface area contributed by atoms with E-state index in [1.165, 1.54) is 11.8 Å². The van der Waals surface area contributed by atoms with E-state index in [4.69, 9.17) is 28.9 Å². The van der Waals surface area contributed by atoms with Crippen LogP contribution in [-0.2, 0) is 4.79 Å². The van der Waals surface area contributed by atoms with Crippen LogP contribution < -0.4 is 11.1 Å². The highest BCUT2D eigenvalue weighted by Gasteiger charge is 2.07. The second-order valence-electron chi connectivity index (χ2n) is 3.53. The first kappa shape index (κ1) is 14.6. The van der Waals surface area contributed by atoms with E-state index in [1.54, 1.807) is 18.2 Å². The molecule has 3 N–H and O–H groups in total. The Hall–Kier alpha value is -0.420. The van der Waals surface area contributed by atoms with Gasteiger partial charge in [-0.25, -0.2) is 0 Å². The summed E-state index contributed by atoms with van der Waals surface area (Å²) in [5, 5.41) is 3.91. The number of carbonyl (C=O) groups is 1. The summed E-state index contributed by atoms with van der Waals surface area (Å²) in [4.78, 5) is 11.6. The first-order chi connectivity index (χ1) is 8.02. The molecule has 0 spiro atoms. The Morgan fingerprint density at radius 3 is 2.76 bits per heavy atom. The zero-order valence-electron chi connectivity index (χ0n) is 9.37. The molecule has 1 unspecified atom stereocenters. The fourth-order valence-electron chi connectivity index (χ4n) is 1.06. The molecule has 0 bridgehead atoms. The molecule has 0 heterocycles.